The molecule has 0 aromatic heterocycles. The number of ether oxygens (including phenoxy) is 3. The summed E-state index contributed by atoms with van der Waals surface area (Å²) >= 11 is 0. The number of rotatable bonds is 35. The lowest BCUT2D eigenvalue weighted by molar-refractivity contribution is -0.889. The average Bonchev–Trinajstić information content (AvgIpc) is 3.18. The van der Waals surface area contributed by atoms with E-state index in [0.29, 0.717) is 12.8 Å². The van der Waals surface area contributed by atoms with Crippen molar-refractivity contribution >= 4 is 17.9 Å². The fraction of sp³-hybridized carbons (Fsp3) is 0.500. The molecule has 0 aliphatic carbocycles. The highest BCUT2D eigenvalue weighted by atomic mass is 16.6. The van der Waals surface area contributed by atoms with E-state index in [4.69, 9.17) is 14.2 Å². The molecule has 0 aliphatic rings. The van der Waals surface area contributed by atoms with Gasteiger partial charge in [-0.05, 0) is 70.6 Å². The number of quaternary nitrogens is 1. The molecule has 2 atom stereocenters. The van der Waals surface area contributed by atoms with Crippen LogP contribution in [0.15, 0.2) is 134 Å². The second-order valence-electron chi connectivity index (χ2n) is 14.6. The fourth-order valence-electron chi connectivity index (χ4n) is 5.19. The quantitative estimate of drug-likeness (QED) is 0.0207. The van der Waals surface area contributed by atoms with Crippen LogP contribution in [-0.2, 0) is 28.6 Å². The van der Waals surface area contributed by atoms with Crippen molar-refractivity contribution < 1.29 is 38.2 Å². The summed E-state index contributed by atoms with van der Waals surface area (Å²) in [6.45, 7) is 4.25. The van der Waals surface area contributed by atoms with Gasteiger partial charge in [0.2, 0.25) is 0 Å². The van der Waals surface area contributed by atoms with Crippen LogP contribution in [0.1, 0.15) is 110 Å². The molecule has 0 aromatic rings. The Morgan fingerprint density at radius 3 is 1.55 bits per heavy atom. The zero-order valence-electron chi connectivity index (χ0n) is 36.4. The van der Waals surface area contributed by atoms with Crippen LogP contribution in [0, 0.1) is 0 Å². The summed E-state index contributed by atoms with van der Waals surface area (Å²) in [5.41, 5.74) is 0. The van der Waals surface area contributed by atoms with Gasteiger partial charge in [0, 0.05) is 19.3 Å². The SMILES string of the molecule is CC/C=C/C=C/C=C/C=C/C=C/C=C/CCCCCC(=O)OC(COCCC(C(=O)[O-])[N+](C)(C)C)COC(=O)CCC/C=C/C/C=C/C/C=C/C/C=C/C/C=C/CC. The second-order valence-corrected chi connectivity index (χ2v) is 14.6. The van der Waals surface area contributed by atoms with E-state index < -0.39 is 18.1 Å². The summed E-state index contributed by atoms with van der Waals surface area (Å²) < 4.78 is 17.0. The Hall–Kier alpha value is -4.53. The van der Waals surface area contributed by atoms with Gasteiger partial charge in [-0.15, -0.1) is 0 Å². The Morgan fingerprint density at radius 2 is 1.02 bits per heavy atom. The van der Waals surface area contributed by atoms with E-state index in [1.165, 1.54) is 0 Å². The number of allylic oxidation sites excluding steroid dienone is 22. The van der Waals surface area contributed by atoms with Crippen LogP contribution in [0.5, 0.6) is 0 Å². The van der Waals surface area contributed by atoms with E-state index >= 15 is 0 Å². The summed E-state index contributed by atoms with van der Waals surface area (Å²) in [5, 5.41) is 11.6. The summed E-state index contributed by atoms with van der Waals surface area (Å²) in [6, 6.07) is -0.752. The molecule has 0 saturated heterocycles. The highest BCUT2D eigenvalue weighted by Crippen LogP contribution is 2.10. The maximum Gasteiger partial charge on any atom is 0.306 e. The third kappa shape index (κ3) is 37.1. The molecule has 0 aliphatic heterocycles. The van der Waals surface area contributed by atoms with Crippen molar-refractivity contribution in [2.45, 2.75) is 122 Å². The van der Waals surface area contributed by atoms with E-state index in [1.807, 2.05) is 60.8 Å². The Bertz CT molecular complexity index is 1400. The molecule has 0 spiro atoms. The number of hydrogen-bond donors (Lipinski definition) is 0. The Morgan fingerprint density at radius 1 is 0.534 bits per heavy atom. The van der Waals surface area contributed by atoms with Gasteiger partial charge >= 0.3 is 11.9 Å². The number of hydrogen-bond acceptors (Lipinski definition) is 7. The van der Waals surface area contributed by atoms with Gasteiger partial charge in [0.05, 0.1) is 40.3 Å². The van der Waals surface area contributed by atoms with Crippen molar-refractivity contribution in [2.75, 3.05) is 41.0 Å². The van der Waals surface area contributed by atoms with Gasteiger partial charge in [0.25, 0.3) is 0 Å². The minimum atomic E-state index is -1.15. The van der Waals surface area contributed by atoms with E-state index in [-0.39, 0.29) is 55.5 Å². The van der Waals surface area contributed by atoms with Crippen LogP contribution in [0.4, 0.5) is 0 Å². The molecule has 0 aromatic carbocycles. The third-order valence-corrected chi connectivity index (χ3v) is 8.44. The lowest BCUT2D eigenvalue weighted by Gasteiger charge is -2.34. The molecule has 8 nitrogen and oxygen atoms in total. The molecule has 8 heteroatoms. The maximum absolute atomic E-state index is 12.7. The van der Waals surface area contributed by atoms with Gasteiger partial charge in [-0.1, -0.05) is 154 Å². The molecule has 0 rings (SSSR count). The zero-order valence-corrected chi connectivity index (χ0v) is 36.4. The Balaban J connectivity index is 4.60. The molecular formula is C50H75NO7. The number of esters is 2. The van der Waals surface area contributed by atoms with Crippen LogP contribution >= 0.6 is 0 Å². The number of carboxylic acids is 1. The minimum absolute atomic E-state index is 0.00650. The molecule has 2 unspecified atom stereocenters. The number of aliphatic carboxylic acids is 1. The van der Waals surface area contributed by atoms with Gasteiger partial charge in [-0.25, -0.2) is 0 Å². The number of carbonyl (C=O) groups excluding carboxylic acids is 3. The normalized spacial score (nSPS) is 14.3. The molecule has 0 saturated carbocycles. The van der Waals surface area contributed by atoms with Crippen LogP contribution in [0.2, 0.25) is 0 Å². The third-order valence-electron chi connectivity index (χ3n) is 8.44. The molecule has 0 radical (unpaired) electrons. The number of likely N-dealkylation sites (N-methyl/N-ethyl adjacent to an activating group) is 1. The first-order chi connectivity index (χ1) is 28.1. The van der Waals surface area contributed by atoms with Gasteiger partial charge < -0.3 is 28.6 Å². The monoisotopic (exact) mass is 802 g/mol. The standard InChI is InChI=1S/C50H75NO7/c1-6-8-10-12-14-16-18-20-22-24-26-28-30-32-34-36-38-40-48(52)57-45-46(44-56-43-42-47(50(54)55)51(3,4)5)58-49(53)41-39-37-35-33-31-29-27-25-23-21-19-17-15-13-11-9-7-2/h8-11,13-17,19-23,25-29,31-32,34,46-47H,6-7,12,18,24,30,33,35-45H2,1-5H3/b10-8+,11-9+,15-13+,16-14+,19-17+,22-20+,23-21+,27-25+,28-26+,31-29+,34-32+. The van der Waals surface area contributed by atoms with Crippen molar-refractivity contribution in [3.05, 3.63) is 134 Å². The van der Waals surface area contributed by atoms with Crippen LogP contribution < -0.4 is 5.11 Å². The highest BCUT2D eigenvalue weighted by Gasteiger charge is 2.25. The van der Waals surface area contributed by atoms with Gasteiger partial charge in [0.1, 0.15) is 12.6 Å². The predicted octanol–water partition coefficient (Wildman–Crippen LogP) is 10.3. The molecule has 0 heterocycles. The summed E-state index contributed by atoms with van der Waals surface area (Å²) in [4.78, 5) is 36.8. The first-order valence-corrected chi connectivity index (χ1v) is 21.3. The molecule has 0 fully saturated rings. The molecule has 322 valence electrons. The van der Waals surface area contributed by atoms with E-state index in [2.05, 4.69) is 86.8 Å². The van der Waals surface area contributed by atoms with E-state index in [9.17, 15) is 19.5 Å². The Labute approximate surface area is 352 Å². The van der Waals surface area contributed by atoms with E-state index in [1.54, 1.807) is 21.1 Å². The Kier molecular flexibility index (Phi) is 36.2. The molecule has 0 amide bonds. The lowest BCUT2D eigenvalue weighted by Crippen LogP contribution is -2.55. The largest absolute Gasteiger partial charge is 0.544 e. The molecule has 0 N–H and O–H groups in total. The topological polar surface area (TPSA) is 102 Å². The molecular weight excluding hydrogens is 727 g/mol. The number of unbranched alkanes of at least 4 members (excludes halogenated alkanes) is 4. The smallest absolute Gasteiger partial charge is 0.306 e. The van der Waals surface area contributed by atoms with Crippen molar-refractivity contribution in [2.24, 2.45) is 0 Å². The first-order valence-electron chi connectivity index (χ1n) is 21.3. The van der Waals surface area contributed by atoms with Crippen molar-refractivity contribution in [3.63, 3.8) is 0 Å². The van der Waals surface area contributed by atoms with Crippen LogP contribution in [0.25, 0.3) is 0 Å². The minimum Gasteiger partial charge on any atom is -0.544 e. The van der Waals surface area contributed by atoms with Crippen LogP contribution in [-0.4, -0.2) is 75.5 Å². The lowest BCUT2D eigenvalue weighted by atomic mass is 10.1. The van der Waals surface area contributed by atoms with Gasteiger partial charge in [-0.3, -0.25) is 9.59 Å². The molecule has 0 bridgehead atoms. The molecule has 58 heavy (non-hydrogen) atoms. The van der Waals surface area contributed by atoms with Gasteiger partial charge in [0.15, 0.2) is 6.10 Å². The zero-order chi connectivity index (χ0) is 42.8. The summed E-state index contributed by atoms with van der Waals surface area (Å²) in [6.07, 6.45) is 56.3. The highest BCUT2D eigenvalue weighted by molar-refractivity contribution is 5.70. The maximum atomic E-state index is 12.7. The van der Waals surface area contributed by atoms with Crippen molar-refractivity contribution in [3.8, 4) is 0 Å². The fourth-order valence-corrected chi connectivity index (χ4v) is 5.19. The average molecular weight is 802 g/mol. The summed E-state index contributed by atoms with van der Waals surface area (Å²) in [7, 11) is 5.35. The first kappa shape index (κ1) is 53.5. The number of carbonyl (C=O) groups is 3. The van der Waals surface area contributed by atoms with Crippen LogP contribution in [0.3, 0.4) is 0 Å². The van der Waals surface area contributed by atoms with Gasteiger partial charge in [-0.2, -0.15) is 0 Å². The number of carboxylic acid groups (broad SMARTS) is 1. The van der Waals surface area contributed by atoms with Crippen molar-refractivity contribution in [1.29, 1.82) is 0 Å². The summed E-state index contributed by atoms with van der Waals surface area (Å²) in [5.74, 6) is -1.89. The van der Waals surface area contributed by atoms with Crippen molar-refractivity contribution in [1.82, 2.24) is 0 Å². The number of nitrogens with zero attached hydrogens (tertiary/aromatic N) is 1. The second kappa shape index (κ2) is 39.3. The van der Waals surface area contributed by atoms with E-state index in [0.717, 1.165) is 64.2 Å². The predicted molar refractivity (Wildman–Crippen MR) is 240 cm³/mol.